The fourth-order valence-corrected chi connectivity index (χ4v) is 5.12. The molecule has 2 N–H and O–H groups in total. The van der Waals surface area contributed by atoms with Crippen molar-refractivity contribution in [2.75, 3.05) is 28.4 Å². The SMILES string of the molecule is COC(=O)C1=C(O)[C@H](C(=O)OC)[C@]2(O)[C@@H](C(=O)OC)C(c3ccco3)C[C@@H]1[C@@H]2C(=O)OC. The van der Waals surface area contributed by atoms with E-state index in [0.717, 1.165) is 28.4 Å². The molecule has 3 rings (SSSR count). The number of methoxy groups -OCH3 is 4. The van der Waals surface area contributed by atoms with Gasteiger partial charge in [-0.3, -0.25) is 14.4 Å². The Morgan fingerprint density at radius 1 is 0.938 bits per heavy atom. The summed E-state index contributed by atoms with van der Waals surface area (Å²) in [7, 11) is 4.20. The van der Waals surface area contributed by atoms with Crippen LogP contribution in [0.25, 0.3) is 0 Å². The lowest BCUT2D eigenvalue weighted by atomic mass is 9.49. The smallest absolute Gasteiger partial charge is 0.337 e. The maximum absolute atomic E-state index is 13.0. The van der Waals surface area contributed by atoms with Crippen molar-refractivity contribution in [1.82, 2.24) is 0 Å². The molecule has 1 fully saturated rings. The lowest BCUT2D eigenvalue weighted by molar-refractivity contribution is -0.208. The summed E-state index contributed by atoms with van der Waals surface area (Å²) in [6.45, 7) is 0. The minimum Gasteiger partial charge on any atom is -0.511 e. The first-order valence-corrected chi connectivity index (χ1v) is 9.69. The molecule has 1 saturated carbocycles. The molecule has 0 amide bonds. The standard InChI is InChI=1S/C21H24O11/c1-28-17(23)12-10-8-9(11-6-5-7-32-11)13(18(24)29-2)21(27,14(10)19(25)30-3)15(16(12)22)20(26)31-4/h5-7,9-10,13-15,22,27H,8H2,1-4H3/t9?,10-,13+,14+,15+,21-/m0/s1. The number of hydrogen-bond donors (Lipinski definition) is 2. The number of carbonyl (C=O) groups excluding carboxylic acids is 4. The first-order chi connectivity index (χ1) is 15.2. The van der Waals surface area contributed by atoms with Gasteiger partial charge in [-0.1, -0.05) is 0 Å². The van der Waals surface area contributed by atoms with E-state index in [1.165, 1.54) is 6.26 Å². The van der Waals surface area contributed by atoms with Crippen molar-refractivity contribution >= 4 is 23.9 Å². The van der Waals surface area contributed by atoms with E-state index in [9.17, 15) is 29.4 Å². The molecule has 0 aromatic carbocycles. The zero-order valence-electron chi connectivity index (χ0n) is 17.9. The van der Waals surface area contributed by atoms with Crippen molar-refractivity contribution in [3.8, 4) is 0 Å². The van der Waals surface area contributed by atoms with Crippen molar-refractivity contribution in [3.05, 3.63) is 35.5 Å². The van der Waals surface area contributed by atoms with Gasteiger partial charge in [0.05, 0.1) is 52.1 Å². The largest absolute Gasteiger partial charge is 0.511 e. The van der Waals surface area contributed by atoms with Gasteiger partial charge in [0.1, 0.15) is 23.0 Å². The van der Waals surface area contributed by atoms with Gasteiger partial charge in [0, 0.05) is 11.8 Å². The minimum atomic E-state index is -2.57. The molecule has 1 heterocycles. The predicted octanol–water partition coefficient (Wildman–Crippen LogP) is 0.481. The Morgan fingerprint density at radius 2 is 1.50 bits per heavy atom. The van der Waals surface area contributed by atoms with Crippen molar-refractivity contribution < 1.29 is 52.8 Å². The normalized spacial score (nSPS) is 31.5. The van der Waals surface area contributed by atoms with E-state index in [0.29, 0.717) is 0 Å². The lowest BCUT2D eigenvalue weighted by Crippen LogP contribution is -2.68. The number of furan rings is 1. The number of rotatable bonds is 5. The fraction of sp³-hybridized carbons (Fsp3) is 0.524. The van der Waals surface area contributed by atoms with Gasteiger partial charge in [-0.25, -0.2) is 4.79 Å². The molecule has 11 nitrogen and oxygen atoms in total. The quantitative estimate of drug-likeness (QED) is 0.472. The number of aliphatic hydroxyl groups is 2. The molecular weight excluding hydrogens is 428 g/mol. The number of hydrogen-bond acceptors (Lipinski definition) is 11. The van der Waals surface area contributed by atoms with Gasteiger partial charge in [-0.15, -0.1) is 0 Å². The molecule has 0 saturated heterocycles. The molecule has 2 aliphatic carbocycles. The third-order valence-electron chi connectivity index (χ3n) is 6.35. The molecular formula is C21H24O11. The van der Waals surface area contributed by atoms with E-state index in [-0.39, 0.29) is 17.8 Å². The monoisotopic (exact) mass is 452 g/mol. The van der Waals surface area contributed by atoms with E-state index in [1.807, 2.05) is 0 Å². The summed E-state index contributed by atoms with van der Waals surface area (Å²) in [5.41, 5.74) is -2.96. The zero-order valence-corrected chi connectivity index (χ0v) is 17.9. The molecule has 1 aromatic rings. The van der Waals surface area contributed by atoms with E-state index < -0.39 is 64.8 Å². The second-order valence-electron chi connectivity index (χ2n) is 7.60. The maximum atomic E-state index is 13.0. The average molecular weight is 452 g/mol. The Kier molecular flexibility index (Phi) is 6.31. The van der Waals surface area contributed by atoms with Gasteiger partial charge in [0.25, 0.3) is 0 Å². The van der Waals surface area contributed by atoms with E-state index in [2.05, 4.69) is 0 Å². The number of fused-ring (bicyclic) bond motifs is 2. The fourth-order valence-electron chi connectivity index (χ4n) is 5.12. The number of carbonyl (C=O) groups is 4. The molecule has 1 aromatic heterocycles. The summed E-state index contributed by atoms with van der Waals surface area (Å²) in [6.07, 6.45) is 1.25. The van der Waals surface area contributed by atoms with Crippen molar-refractivity contribution in [2.24, 2.45) is 23.7 Å². The summed E-state index contributed by atoms with van der Waals surface area (Å²) in [5, 5.41) is 23.0. The highest BCUT2D eigenvalue weighted by Crippen LogP contribution is 2.60. The Labute approximate surface area is 182 Å². The third kappa shape index (κ3) is 3.24. The van der Waals surface area contributed by atoms with E-state index in [1.54, 1.807) is 12.1 Å². The molecule has 0 spiro atoms. The van der Waals surface area contributed by atoms with Gasteiger partial charge in [0.15, 0.2) is 0 Å². The summed E-state index contributed by atoms with van der Waals surface area (Å²) in [5.74, 6) is -11.9. The summed E-state index contributed by atoms with van der Waals surface area (Å²) in [6, 6.07) is 3.11. The van der Waals surface area contributed by atoms with Crippen LogP contribution in [-0.4, -0.2) is 68.1 Å². The van der Waals surface area contributed by atoms with E-state index in [4.69, 9.17) is 23.4 Å². The zero-order chi connectivity index (χ0) is 23.8. The topological polar surface area (TPSA) is 159 Å². The Morgan fingerprint density at radius 3 is 1.97 bits per heavy atom. The first kappa shape index (κ1) is 23.3. The summed E-state index contributed by atoms with van der Waals surface area (Å²) < 4.78 is 24.7. The summed E-state index contributed by atoms with van der Waals surface area (Å²) in [4.78, 5) is 51.2. The predicted molar refractivity (Wildman–Crippen MR) is 103 cm³/mol. The molecule has 32 heavy (non-hydrogen) atoms. The molecule has 6 atom stereocenters. The molecule has 2 bridgehead atoms. The van der Waals surface area contributed by atoms with E-state index >= 15 is 0 Å². The summed E-state index contributed by atoms with van der Waals surface area (Å²) >= 11 is 0. The van der Waals surface area contributed by atoms with Crippen LogP contribution in [0, 0.1) is 23.7 Å². The van der Waals surface area contributed by atoms with Gasteiger partial charge in [0.2, 0.25) is 0 Å². The second kappa shape index (κ2) is 8.65. The van der Waals surface area contributed by atoms with Gasteiger partial charge >= 0.3 is 23.9 Å². The minimum absolute atomic E-state index is 0.0995. The molecule has 174 valence electrons. The van der Waals surface area contributed by atoms with Crippen LogP contribution in [0.2, 0.25) is 0 Å². The van der Waals surface area contributed by atoms with Crippen LogP contribution in [0.5, 0.6) is 0 Å². The highest BCUT2D eigenvalue weighted by atomic mass is 16.5. The van der Waals surface area contributed by atoms with Crippen LogP contribution < -0.4 is 0 Å². The van der Waals surface area contributed by atoms with Gasteiger partial charge in [-0.05, 0) is 18.6 Å². The Hall–Kier alpha value is -3.34. The molecule has 2 aliphatic rings. The first-order valence-electron chi connectivity index (χ1n) is 9.69. The van der Waals surface area contributed by atoms with Crippen LogP contribution in [-0.2, 0) is 38.1 Å². The second-order valence-corrected chi connectivity index (χ2v) is 7.60. The molecule has 11 heteroatoms. The molecule has 1 unspecified atom stereocenters. The highest BCUT2D eigenvalue weighted by molar-refractivity contribution is 5.95. The van der Waals surface area contributed by atoms with Crippen LogP contribution in [0.1, 0.15) is 18.1 Å². The maximum Gasteiger partial charge on any atom is 0.337 e. The van der Waals surface area contributed by atoms with Crippen LogP contribution in [0.15, 0.2) is 34.1 Å². The van der Waals surface area contributed by atoms with Crippen LogP contribution >= 0.6 is 0 Å². The Bertz CT molecular complexity index is 947. The number of ether oxygens (including phenoxy) is 4. The molecule has 0 radical (unpaired) electrons. The van der Waals surface area contributed by atoms with Crippen molar-refractivity contribution in [3.63, 3.8) is 0 Å². The number of aliphatic hydroxyl groups excluding tert-OH is 1. The molecule has 0 aliphatic heterocycles. The van der Waals surface area contributed by atoms with Gasteiger partial charge in [-0.2, -0.15) is 0 Å². The van der Waals surface area contributed by atoms with Gasteiger partial charge < -0.3 is 33.6 Å². The third-order valence-corrected chi connectivity index (χ3v) is 6.35. The van der Waals surface area contributed by atoms with Crippen LogP contribution in [0.4, 0.5) is 0 Å². The van der Waals surface area contributed by atoms with Crippen molar-refractivity contribution in [2.45, 2.75) is 17.9 Å². The number of esters is 4. The Balaban J connectivity index is 2.40. The average Bonchev–Trinajstić information content (AvgIpc) is 3.31. The van der Waals surface area contributed by atoms with Crippen molar-refractivity contribution in [1.29, 1.82) is 0 Å². The highest BCUT2D eigenvalue weighted by Gasteiger charge is 2.71. The lowest BCUT2D eigenvalue weighted by Gasteiger charge is -2.54. The van der Waals surface area contributed by atoms with Crippen LogP contribution in [0.3, 0.4) is 0 Å².